The summed E-state index contributed by atoms with van der Waals surface area (Å²) in [5, 5.41) is 6.31. The van der Waals surface area contributed by atoms with Gasteiger partial charge in [0, 0.05) is 0 Å². The van der Waals surface area contributed by atoms with E-state index >= 15 is 0 Å². The first-order valence-electron chi connectivity index (χ1n) is 2.06. The minimum absolute atomic E-state index is 0.819. The molecule has 1 heterocycles. The van der Waals surface area contributed by atoms with E-state index in [9.17, 15) is 0 Å². The van der Waals surface area contributed by atoms with Crippen molar-refractivity contribution in [2.45, 2.75) is 5.12 Å². The monoisotopic (exact) mass is 130 g/mol. The van der Waals surface area contributed by atoms with Gasteiger partial charge in [-0.25, -0.2) is 4.99 Å². The molecule has 0 aliphatic carbocycles. The zero-order valence-corrected chi connectivity index (χ0v) is 5.22. The molecular weight excluding hydrogens is 124 g/mol. The SMILES string of the molecule is CSC1(N)N=CN=N1. The van der Waals surface area contributed by atoms with Gasteiger partial charge in [0.05, 0.1) is 0 Å². The van der Waals surface area contributed by atoms with Crippen molar-refractivity contribution in [2.24, 2.45) is 21.0 Å². The standard InChI is InChI=1S/C3H6N4S/c1-8-3(4)5-2-6-7-3/h2H,4H2,1H3. The van der Waals surface area contributed by atoms with Crippen molar-refractivity contribution < 1.29 is 0 Å². The highest BCUT2D eigenvalue weighted by Crippen LogP contribution is 2.21. The Morgan fingerprint density at radius 2 is 2.50 bits per heavy atom. The number of nitrogens with zero attached hydrogens (tertiary/aromatic N) is 3. The Hall–Kier alpha value is -0.420. The molecule has 1 aliphatic rings. The second-order valence-corrected chi connectivity index (χ2v) is 2.33. The van der Waals surface area contributed by atoms with Crippen LogP contribution >= 0.6 is 11.8 Å². The van der Waals surface area contributed by atoms with Crippen molar-refractivity contribution in [3.05, 3.63) is 0 Å². The number of hydrogen-bond acceptors (Lipinski definition) is 5. The van der Waals surface area contributed by atoms with Gasteiger partial charge in [0.25, 0.3) is 5.12 Å². The molecule has 0 saturated heterocycles. The fraction of sp³-hybridized carbons (Fsp3) is 0.667. The van der Waals surface area contributed by atoms with Crippen LogP contribution in [0.5, 0.6) is 0 Å². The Morgan fingerprint density at radius 1 is 1.75 bits per heavy atom. The van der Waals surface area contributed by atoms with Crippen LogP contribution in [0.3, 0.4) is 0 Å². The molecule has 4 nitrogen and oxygen atoms in total. The molecule has 0 bridgehead atoms. The Morgan fingerprint density at radius 3 is 2.75 bits per heavy atom. The summed E-state index contributed by atoms with van der Waals surface area (Å²) in [6, 6.07) is 0. The molecule has 0 radical (unpaired) electrons. The number of azo groups is 1. The lowest BCUT2D eigenvalue weighted by molar-refractivity contribution is 0.682. The summed E-state index contributed by atoms with van der Waals surface area (Å²) in [4.78, 5) is 3.77. The molecule has 1 rings (SSSR count). The lowest BCUT2D eigenvalue weighted by atomic mass is 10.9. The molecule has 0 aromatic rings. The molecule has 0 spiro atoms. The molecule has 0 aromatic heterocycles. The highest BCUT2D eigenvalue weighted by atomic mass is 32.2. The maximum atomic E-state index is 5.46. The van der Waals surface area contributed by atoms with E-state index in [2.05, 4.69) is 15.2 Å². The number of aliphatic imine (C=N–C) groups is 1. The van der Waals surface area contributed by atoms with Gasteiger partial charge in [-0.3, -0.25) is 5.73 Å². The number of rotatable bonds is 1. The molecule has 0 aromatic carbocycles. The predicted molar refractivity (Wildman–Crippen MR) is 33.8 cm³/mol. The van der Waals surface area contributed by atoms with Gasteiger partial charge in [-0.05, 0) is 6.26 Å². The van der Waals surface area contributed by atoms with E-state index in [0.717, 1.165) is 0 Å². The van der Waals surface area contributed by atoms with Crippen molar-refractivity contribution >= 4 is 18.1 Å². The van der Waals surface area contributed by atoms with E-state index < -0.39 is 5.12 Å². The number of thioether (sulfide) groups is 1. The van der Waals surface area contributed by atoms with Crippen LogP contribution in [0.25, 0.3) is 0 Å². The zero-order valence-electron chi connectivity index (χ0n) is 4.40. The fourth-order valence-electron chi connectivity index (χ4n) is 0.336. The van der Waals surface area contributed by atoms with Crippen molar-refractivity contribution in [1.29, 1.82) is 0 Å². The average Bonchev–Trinajstić information content (AvgIpc) is 2.17. The van der Waals surface area contributed by atoms with E-state index in [1.54, 1.807) is 0 Å². The van der Waals surface area contributed by atoms with Crippen molar-refractivity contribution in [1.82, 2.24) is 0 Å². The van der Waals surface area contributed by atoms with Crippen LogP contribution < -0.4 is 5.73 Å². The molecule has 1 atom stereocenters. The highest BCUT2D eigenvalue weighted by molar-refractivity contribution is 7.99. The predicted octanol–water partition coefficient (Wildman–Crippen LogP) is 0.414. The third-order valence-electron chi connectivity index (χ3n) is 0.796. The smallest absolute Gasteiger partial charge is 0.272 e. The van der Waals surface area contributed by atoms with Crippen LogP contribution in [-0.4, -0.2) is 17.7 Å². The van der Waals surface area contributed by atoms with Gasteiger partial charge < -0.3 is 0 Å². The Kier molecular flexibility index (Phi) is 1.31. The van der Waals surface area contributed by atoms with Crippen LogP contribution in [0.1, 0.15) is 0 Å². The van der Waals surface area contributed by atoms with Gasteiger partial charge in [0.2, 0.25) is 0 Å². The van der Waals surface area contributed by atoms with Crippen molar-refractivity contribution in [3.8, 4) is 0 Å². The summed E-state index contributed by atoms with van der Waals surface area (Å²) >= 11 is 1.35. The molecule has 8 heavy (non-hydrogen) atoms. The first-order valence-corrected chi connectivity index (χ1v) is 3.29. The molecule has 2 N–H and O–H groups in total. The van der Waals surface area contributed by atoms with Gasteiger partial charge in [-0.2, -0.15) is 0 Å². The summed E-state index contributed by atoms with van der Waals surface area (Å²) in [5.74, 6) is 0. The summed E-state index contributed by atoms with van der Waals surface area (Å²) in [5.41, 5.74) is 5.46. The van der Waals surface area contributed by atoms with Gasteiger partial charge in [-0.1, -0.05) is 11.8 Å². The highest BCUT2D eigenvalue weighted by Gasteiger charge is 2.22. The van der Waals surface area contributed by atoms with Crippen LogP contribution in [0.4, 0.5) is 0 Å². The van der Waals surface area contributed by atoms with Crippen LogP contribution in [0.15, 0.2) is 15.2 Å². The minimum atomic E-state index is -0.819. The van der Waals surface area contributed by atoms with E-state index in [-0.39, 0.29) is 0 Å². The Bertz CT molecular complexity index is 128. The van der Waals surface area contributed by atoms with E-state index in [1.807, 2.05) is 6.26 Å². The quantitative estimate of drug-likeness (QED) is 0.522. The number of hydrogen-bond donors (Lipinski definition) is 1. The first kappa shape index (κ1) is 5.71. The van der Waals surface area contributed by atoms with Crippen LogP contribution in [0, 0.1) is 0 Å². The van der Waals surface area contributed by atoms with Crippen LogP contribution in [0.2, 0.25) is 0 Å². The third-order valence-corrected chi connectivity index (χ3v) is 1.58. The van der Waals surface area contributed by atoms with Gasteiger partial charge in [0.1, 0.15) is 6.34 Å². The fourth-order valence-corrected chi connectivity index (χ4v) is 0.618. The largest absolute Gasteiger partial charge is 0.278 e. The van der Waals surface area contributed by atoms with Gasteiger partial charge in [0.15, 0.2) is 0 Å². The summed E-state index contributed by atoms with van der Waals surface area (Å²) < 4.78 is 0. The van der Waals surface area contributed by atoms with E-state index in [0.29, 0.717) is 0 Å². The summed E-state index contributed by atoms with van der Waals surface area (Å²) in [7, 11) is 0. The number of nitrogens with two attached hydrogens (primary N) is 1. The molecule has 0 amide bonds. The van der Waals surface area contributed by atoms with Crippen molar-refractivity contribution in [2.75, 3.05) is 6.26 Å². The summed E-state index contributed by atoms with van der Waals surface area (Å²) in [6.45, 7) is 0. The maximum absolute atomic E-state index is 5.46. The van der Waals surface area contributed by atoms with Crippen LogP contribution in [-0.2, 0) is 0 Å². The second-order valence-electron chi connectivity index (χ2n) is 1.32. The maximum Gasteiger partial charge on any atom is 0.272 e. The Labute approximate surface area is 51.3 Å². The second kappa shape index (κ2) is 1.83. The summed E-state index contributed by atoms with van der Waals surface area (Å²) in [6.07, 6.45) is 3.19. The van der Waals surface area contributed by atoms with Gasteiger partial charge >= 0.3 is 0 Å². The normalized spacial score (nSPS) is 34.2. The lowest BCUT2D eigenvalue weighted by Gasteiger charge is -2.08. The topological polar surface area (TPSA) is 63.1 Å². The molecule has 0 fully saturated rings. The molecule has 44 valence electrons. The molecule has 0 saturated carbocycles. The first-order chi connectivity index (χ1) is 3.77. The van der Waals surface area contributed by atoms with E-state index in [1.165, 1.54) is 18.1 Å². The molecule has 1 unspecified atom stereocenters. The average molecular weight is 130 g/mol. The van der Waals surface area contributed by atoms with E-state index in [4.69, 9.17) is 5.73 Å². The lowest BCUT2D eigenvalue weighted by Crippen LogP contribution is -2.28. The molecule has 5 heteroatoms. The van der Waals surface area contributed by atoms with Crippen molar-refractivity contribution in [3.63, 3.8) is 0 Å². The third kappa shape index (κ3) is 0.873. The minimum Gasteiger partial charge on any atom is -0.278 e. The molecule has 1 aliphatic heterocycles. The zero-order chi connectivity index (χ0) is 6.04. The van der Waals surface area contributed by atoms with Gasteiger partial charge in [-0.15, -0.1) is 10.2 Å². The molecular formula is C3H6N4S. The Balaban J connectivity index is 2.69.